The number of imidazole rings is 1. The Morgan fingerprint density at radius 3 is 2.67 bits per heavy atom. The van der Waals surface area contributed by atoms with Gasteiger partial charge in [0.15, 0.2) is 11.7 Å². The summed E-state index contributed by atoms with van der Waals surface area (Å²) in [4.78, 5) is 19.6. The van der Waals surface area contributed by atoms with Gasteiger partial charge in [0, 0.05) is 37.8 Å². The van der Waals surface area contributed by atoms with E-state index in [-0.39, 0.29) is 30.1 Å². The molecule has 1 amide bonds. The Balaban J connectivity index is 1.57. The first kappa shape index (κ1) is 28.9. The van der Waals surface area contributed by atoms with Gasteiger partial charge in [0.05, 0.1) is 24.0 Å². The van der Waals surface area contributed by atoms with Gasteiger partial charge in [0.25, 0.3) is 0 Å². The number of hydrazine groups is 2. The molecule has 2 aliphatic rings. The summed E-state index contributed by atoms with van der Waals surface area (Å²) in [7, 11) is 1.65. The van der Waals surface area contributed by atoms with Crippen molar-refractivity contribution in [2.45, 2.75) is 84.0 Å². The topological polar surface area (TPSA) is 134 Å². The van der Waals surface area contributed by atoms with Crippen LogP contribution in [0.5, 0.6) is 0 Å². The number of fused-ring (bicyclic) bond motifs is 1. The van der Waals surface area contributed by atoms with Gasteiger partial charge in [-0.3, -0.25) is 21.2 Å². The number of nitrogens with two attached hydrogens (primary N) is 1. The maximum atomic E-state index is 14.7. The summed E-state index contributed by atoms with van der Waals surface area (Å²) in [6.45, 7) is 10.6. The van der Waals surface area contributed by atoms with Crippen molar-refractivity contribution in [2.24, 2.45) is 5.84 Å². The Labute approximate surface area is 227 Å². The van der Waals surface area contributed by atoms with Crippen molar-refractivity contribution in [3.8, 4) is 0 Å². The number of ether oxygens (including phenoxy) is 2. The summed E-state index contributed by atoms with van der Waals surface area (Å²) in [5.41, 5.74) is 3.61. The zero-order valence-corrected chi connectivity index (χ0v) is 23.2. The van der Waals surface area contributed by atoms with Gasteiger partial charge in [-0.2, -0.15) is 5.53 Å². The number of benzene rings is 1. The molecule has 4 rings (SSSR count). The summed E-state index contributed by atoms with van der Waals surface area (Å²) < 4.78 is 42.4. The van der Waals surface area contributed by atoms with Gasteiger partial charge in [-0.1, -0.05) is 0 Å². The molecular weight excluding hydrogens is 510 g/mol. The van der Waals surface area contributed by atoms with Crippen molar-refractivity contribution in [3.63, 3.8) is 0 Å². The van der Waals surface area contributed by atoms with E-state index in [0.717, 1.165) is 29.6 Å². The predicted octanol–water partition coefficient (Wildman–Crippen LogP) is 3.12. The monoisotopic (exact) mass is 548 g/mol. The number of alkyl carbamates (subject to hydrolysis) is 1. The van der Waals surface area contributed by atoms with Gasteiger partial charge >= 0.3 is 6.09 Å². The molecule has 0 radical (unpaired) electrons. The quantitative estimate of drug-likeness (QED) is 0.187. The molecule has 0 saturated carbocycles. The average Bonchev–Trinajstić information content (AvgIpc) is 3.41. The number of hydrogen-bond donors (Lipinski definition) is 4. The van der Waals surface area contributed by atoms with E-state index in [1.54, 1.807) is 27.8 Å². The van der Waals surface area contributed by atoms with Crippen LogP contribution in [-0.2, 0) is 22.6 Å². The van der Waals surface area contributed by atoms with Gasteiger partial charge in [-0.25, -0.2) is 18.6 Å². The lowest BCUT2D eigenvalue weighted by Gasteiger charge is -2.40. The molecule has 39 heavy (non-hydrogen) atoms. The van der Waals surface area contributed by atoms with Crippen molar-refractivity contribution < 1.29 is 23.0 Å². The second-order valence-electron chi connectivity index (χ2n) is 11.3. The van der Waals surface area contributed by atoms with Crippen LogP contribution in [0.15, 0.2) is 18.2 Å². The number of halogens is 2. The summed E-state index contributed by atoms with van der Waals surface area (Å²) >= 11 is 0. The van der Waals surface area contributed by atoms with Crippen molar-refractivity contribution >= 4 is 11.9 Å². The number of rotatable bonds is 6. The Bertz CT molecular complexity index is 1230. The van der Waals surface area contributed by atoms with Crippen LogP contribution in [-0.4, -0.2) is 62.7 Å². The molecule has 13 heteroatoms. The molecule has 3 heterocycles. The molecule has 2 aliphatic heterocycles. The molecule has 0 spiro atoms. The third-order valence-corrected chi connectivity index (χ3v) is 6.90. The fourth-order valence-corrected chi connectivity index (χ4v) is 5.15. The van der Waals surface area contributed by atoms with Crippen molar-refractivity contribution in [1.29, 1.82) is 5.41 Å². The largest absolute Gasteiger partial charge is 0.444 e. The summed E-state index contributed by atoms with van der Waals surface area (Å²) in [6, 6.07) is 2.47. The van der Waals surface area contributed by atoms with Gasteiger partial charge in [0.2, 0.25) is 0 Å². The van der Waals surface area contributed by atoms with Gasteiger partial charge in [0.1, 0.15) is 23.3 Å². The number of amidine groups is 1. The maximum absolute atomic E-state index is 14.7. The fourth-order valence-electron chi connectivity index (χ4n) is 5.15. The van der Waals surface area contributed by atoms with Gasteiger partial charge in [-0.05, 0) is 59.2 Å². The van der Waals surface area contributed by atoms with Crippen LogP contribution < -0.4 is 16.7 Å². The smallest absolute Gasteiger partial charge is 0.407 e. The van der Waals surface area contributed by atoms with E-state index in [1.165, 1.54) is 5.01 Å². The average molecular weight is 549 g/mol. The fraction of sp³-hybridized carbons (Fsp3) is 0.577. The Hall–Kier alpha value is -3.13. The molecule has 1 fully saturated rings. The molecule has 3 atom stereocenters. The van der Waals surface area contributed by atoms with E-state index in [9.17, 15) is 13.6 Å². The van der Waals surface area contributed by atoms with Crippen LogP contribution >= 0.6 is 0 Å². The SMILES string of the molecule is CC(C)n1c(C(=N)N(C)NN)nc2c1CN(C1CO[C@H](c3cc(F)ccc3F)C(NC(=O)OC(C)(C)C)C1)C2. The normalized spacial score (nSPS) is 21.6. The third-order valence-electron chi connectivity index (χ3n) is 6.90. The molecule has 2 unspecified atom stereocenters. The number of hydrogen-bond acceptors (Lipinski definition) is 8. The first-order valence-corrected chi connectivity index (χ1v) is 13.0. The second-order valence-corrected chi connectivity index (χ2v) is 11.3. The summed E-state index contributed by atoms with van der Waals surface area (Å²) in [6.07, 6.45) is -1.12. The highest BCUT2D eigenvalue weighted by Crippen LogP contribution is 2.36. The highest BCUT2D eigenvalue weighted by Gasteiger charge is 2.41. The lowest BCUT2D eigenvalue weighted by Crippen LogP contribution is -2.52. The minimum Gasteiger partial charge on any atom is -0.444 e. The molecule has 1 aromatic carbocycles. The van der Waals surface area contributed by atoms with Crippen molar-refractivity contribution in [3.05, 3.63) is 52.6 Å². The lowest BCUT2D eigenvalue weighted by molar-refractivity contribution is -0.0631. The zero-order valence-electron chi connectivity index (χ0n) is 23.2. The molecule has 0 bridgehead atoms. The molecule has 1 saturated heterocycles. The molecule has 2 aromatic rings. The van der Waals surface area contributed by atoms with Crippen LogP contribution in [0, 0.1) is 17.0 Å². The molecular formula is C26H38F2N8O3. The highest BCUT2D eigenvalue weighted by atomic mass is 19.1. The van der Waals surface area contributed by atoms with Gasteiger partial charge < -0.3 is 19.4 Å². The minimum absolute atomic E-state index is 0.0484. The zero-order chi connectivity index (χ0) is 28.6. The molecule has 5 N–H and O–H groups in total. The van der Waals surface area contributed by atoms with Crippen molar-refractivity contribution in [1.82, 2.24) is 30.3 Å². The number of carbonyl (C=O) groups is 1. The lowest BCUT2D eigenvalue weighted by atomic mass is 9.92. The number of amides is 1. The van der Waals surface area contributed by atoms with Crippen LogP contribution in [0.3, 0.4) is 0 Å². The molecule has 1 aromatic heterocycles. The minimum atomic E-state index is -0.886. The predicted molar refractivity (Wildman–Crippen MR) is 140 cm³/mol. The van der Waals surface area contributed by atoms with E-state index in [4.69, 9.17) is 25.7 Å². The Morgan fingerprint density at radius 2 is 2.03 bits per heavy atom. The summed E-state index contributed by atoms with van der Waals surface area (Å²) in [5, 5.41) is 12.7. The molecule has 0 aliphatic carbocycles. The maximum Gasteiger partial charge on any atom is 0.407 e. The van der Waals surface area contributed by atoms with E-state index in [1.807, 2.05) is 18.4 Å². The molecule has 214 valence electrons. The van der Waals surface area contributed by atoms with Crippen LogP contribution in [0.2, 0.25) is 0 Å². The number of aromatic nitrogens is 2. The Kier molecular flexibility index (Phi) is 8.26. The first-order chi connectivity index (χ1) is 18.3. The van der Waals surface area contributed by atoms with Crippen LogP contribution in [0.4, 0.5) is 13.6 Å². The van der Waals surface area contributed by atoms with Gasteiger partial charge in [-0.15, -0.1) is 0 Å². The Morgan fingerprint density at radius 1 is 1.31 bits per heavy atom. The van der Waals surface area contributed by atoms with E-state index in [2.05, 4.69) is 15.8 Å². The molecule has 11 nitrogen and oxygen atoms in total. The summed E-state index contributed by atoms with van der Waals surface area (Å²) in [5.74, 6) is 4.96. The number of carbonyl (C=O) groups excluding carboxylic acids is 1. The number of nitrogens with one attached hydrogen (secondary N) is 3. The van der Waals surface area contributed by atoms with Crippen molar-refractivity contribution in [2.75, 3.05) is 13.7 Å². The van der Waals surface area contributed by atoms with E-state index < -0.39 is 35.5 Å². The first-order valence-electron chi connectivity index (χ1n) is 13.0. The van der Waals surface area contributed by atoms with E-state index >= 15 is 0 Å². The van der Waals surface area contributed by atoms with Crippen LogP contribution in [0.25, 0.3) is 0 Å². The van der Waals surface area contributed by atoms with Crippen LogP contribution in [0.1, 0.15) is 76.0 Å². The third kappa shape index (κ3) is 6.21. The standard InChI is InChI=1S/C26H38F2N8O3/c1-14(2)36-21-12-35(11-20(21)31-24(36)23(29)34(6)33-30)16-10-19(32-25(37)39-26(3,4)5)22(38-13-16)17-9-15(27)7-8-18(17)28/h7-9,14,16,19,22,29,33H,10-13,30H2,1-6H3,(H,32,37)/t16?,19?,22-/m1/s1. The second kappa shape index (κ2) is 11.2. The number of nitrogens with zero attached hydrogens (tertiary/aromatic N) is 4. The highest BCUT2D eigenvalue weighted by molar-refractivity contribution is 5.93. The van der Waals surface area contributed by atoms with E-state index in [0.29, 0.717) is 25.3 Å².